The quantitative estimate of drug-likeness (QED) is 0.678. The Labute approximate surface area is 119 Å². The molecular formula is C13H20N2O4S. The van der Waals surface area contributed by atoms with Crippen molar-refractivity contribution in [2.24, 2.45) is 0 Å². The number of aliphatic carboxylic acids is 1. The van der Waals surface area contributed by atoms with Crippen molar-refractivity contribution in [3.8, 4) is 0 Å². The highest BCUT2D eigenvalue weighted by atomic mass is 32.2. The number of carboxylic acid groups (broad SMARTS) is 1. The van der Waals surface area contributed by atoms with E-state index in [1.54, 1.807) is 19.1 Å². The van der Waals surface area contributed by atoms with Crippen molar-refractivity contribution < 1.29 is 18.3 Å². The van der Waals surface area contributed by atoms with Crippen LogP contribution >= 0.6 is 0 Å². The average molecular weight is 300 g/mol. The summed E-state index contributed by atoms with van der Waals surface area (Å²) in [6, 6.07) is 5.36. The van der Waals surface area contributed by atoms with E-state index in [2.05, 4.69) is 10.0 Å². The molecule has 0 amide bonds. The van der Waals surface area contributed by atoms with E-state index in [0.717, 1.165) is 6.42 Å². The molecule has 0 saturated heterocycles. The fourth-order valence-electron chi connectivity index (χ4n) is 1.75. The maximum atomic E-state index is 11.8. The van der Waals surface area contributed by atoms with Crippen LogP contribution < -0.4 is 10.0 Å². The molecule has 1 atom stereocenters. The number of sulfonamides is 1. The predicted octanol–water partition coefficient (Wildman–Crippen LogP) is 1.65. The van der Waals surface area contributed by atoms with E-state index < -0.39 is 22.0 Å². The van der Waals surface area contributed by atoms with Gasteiger partial charge in [-0.3, -0.25) is 0 Å². The number of hydrogen-bond donors (Lipinski definition) is 3. The molecule has 0 aliphatic heterocycles. The summed E-state index contributed by atoms with van der Waals surface area (Å²) >= 11 is 0. The molecule has 7 heteroatoms. The fraction of sp³-hybridized carbons (Fsp3) is 0.462. The van der Waals surface area contributed by atoms with Crippen LogP contribution in [0.2, 0.25) is 0 Å². The second-order valence-electron chi connectivity index (χ2n) is 4.35. The third-order valence-electron chi connectivity index (χ3n) is 2.72. The molecule has 0 fully saturated rings. The SMILES string of the molecule is CCCC(Nc1ccc(S(=O)(=O)NCC)cc1)C(=O)O. The number of carbonyl (C=O) groups is 1. The predicted molar refractivity (Wildman–Crippen MR) is 77.3 cm³/mol. The molecule has 0 spiro atoms. The van der Waals surface area contributed by atoms with Crippen LogP contribution in [0.4, 0.5) is 5.69 Å². The minimum atomic E-state index is -3.48. The first-order valence-electron chi connectivity index (χ1n) is 6.49. The second kappa shape index (κ2) is 7.25. The Morgan fingerprint density at radius 1 is 1.25 bits per heavy atom. The highest BCUT2D eigenvalue weighted by Gasteiger charge is 2.16. The van der Waals surface area contributed by atoms with Crippen molar-refractivity contribution in [3.63, 3.8) is 0 Å². The maximum absolute atomic E-state index is 11.8. The van der Waals surface area contributed by atoms with Gasteiger partial charge in [-0.25, -0.2) is 17.9 Å². The van der Waals surface area contributed by atoms with Crippen LogP contribution in [0.15, 0.2) is 29.2 Å². The van der Waals surface area contributed by atoms with Gasteiger partial charge in [0.25, 0.3) is 0 Å². The second-order valence-corrected chi connectivity index (χ2v) is 6.12. The molecule has 0 aliphatic rings. The molecule has 1 aromatic carbocycles. The molecular weight excluding hydrogens is 280 g/mol. The number of carboxylic acids is 1. The number of hydrogen-bond acceptors (Lipinski definition) is 4. The van der Waals surface area contributed by atoms with Crippen LogP contribution in [0.1, 0.15) is 26.7 Å². The van der Waals surface area contributed by atoms with Crippen molar-refractivity contribution in [2.45, 2.75) is 37.6 Å². The van der Waals surface area contributed by atoms with E-state index in [4.69, 9.17) is 5.11 Å². The fourth-order valence-corrected chi connectivity index (χ4v) is 2.79. The Morgan fingerprint density at radius 2 is 1.85 bits per heavy atom. The van der Waals surface area contributed by atoms with Crippen LogP contribution in [-0.2, 0) is 14.8 Å². The van der Waals surface area contributed by atoms with Gasteiger partial charge >= 0.3 is 5.97 Å². The first-order chi connectivity index (χ1) is 9.40. The molecule has 0 radical (unpaired) electrons. The van der Waals surface area contributed by atoms with Crippen molar-refractivity contribution in [3.05, 3.63) is 24.3 Å². The zero-order chi connectivity index (χ0) is 15.2. The molecule has 1 aromatic rings. The van der Waals surface area contributed by atoms with E-state index in [-0.39, 0.29) is 4.90 Å². The lowest BCUT2D eigenvalue weighted by molar-refractivity contribution is -0.138. The number of nitrogens with one attached hydrogen (secondary N) is 2. The van der Waals surface area contributed by atoms with Crippen LogP contribution in [0, 0.1) is 0 Å². The standard InChI is InChI=1S/C13H20N2O4S/c1-3-5-12(13(16)17)15-10-6-8-11(9-7-10)20(18,19)14-4-2/h6-9,12,14-15H,3-5H2,1-2H3,(H,16,17). The van der Waals surface area contributed by atoms with Crippen LogP contribution in [0.3, 0.4) is 0 Å². The van der Waals surface area contributed by atoms with Gasteiger partial charge in [-0.05, 0) is 30.7 Å². The smallest absolute Gasteiger partial charge is 0.326 e. The molecule has 1 unspecified atom stereocenters. The molecule has 0 bridgehead atoms. The number of benzene rings is 1. The Bertz CT molecular complexity index is 540. The van der Waals surface area contributed by atoms with Crippen molar-refractivity contribution in [2.75, 3.05) is 11.9 Å². The van der Waals surface area contributed by atoms with Gasteiger partial charge in [0, 0.05) is 12.2 Å². The zero-order valence-corrected chi connectivity index (χ0v) is 12.4. The molecule has 112 valence electrons. The average Bonchev–Trinajstić information content (AvgIpc) is 2.38. The Kier molecular flexibility index (Phi) is 5.97. The first kappa shape index (κ1) is 16.5. The third-order valence-corrected chi connectivity index (χ3v) is 4.28. The summed E-state index contributed by atoms with van der Waals surface area (Å²) in [6.45, 7) is 3.93. The molecule has 20 heavy (non-hydrogen) atoms. The summed E-state index contributed by atoms with van der Waals surface area (Å²) in [4.78, 5) is 11.2. The van der Waals surface area contributed by atoms with Crippen molar-refractivity contribution >= 4 is 21.7 Å². The maximum Gasteiger partial charge on any atom is 0.326 e. The highest BCUT2D eigenvalue weighted by Crippen LogP contribution is 2.16. The van der Waals surface area contributed by atoms with E-state index in [9.17, 15) is 13.2 Å². The Hall–Kier alpha value is -1.60. The van der Waals surface area contributed by atoms with Gasteiger partial charge in [0.1, 0.15) is 6.04 Å². The number of rotatable bonds is 8. The number of anilines is 1. The summed E-state index contributed by atoms with van der Waals surface area (Å²) in [5.74, 6) is -0.920. The van der Waals surface area contributed by atoms with E-state index in [1.165, 1.54) is 12.1 Å². The van der Waals surface area contributed by atoms with Crippen LogP contribution in [0.25, 0.3) is 0 Å². The zero-order valence-electron chi connectivity index (χ0n) is 11.6. The summed E-state index contributed by atoms with van der Waals surface area (Å²) in [7, 11) is -3.48. The van der Waals surface area contributed by atoms with Gasteiger partial charge in [-0.15, -0.1) is 0 Å². The topological polar surface area (TPSA) is 95.5 Å². The van der Waals surface area contributed by atoms with E-state index >= 15 is 0 Å². The summed E-state index contributed by atoms with van der Waals surface area (Å²) in [5, 5.41) is 11.9. The summed E-state index contributed by atoms with van der Waals surface area (Å²) < 4.78 is 25.9. The van der Waals surface area contributed by atoms with Gasteiger partial charge in [0.05, 0.1) is 4.90 Å². The highest BCUT2D eigenvalue weighted by molar-refractivity contribution is 7.89. The lowest BCUT2D eigenvalue weighted by Crippen LogP contribution is -2.29. The normalized spacial score (nSPS) is 12.9. The minimum absolute atomic E-state index is 0.160. The van der Waals surface area contributed by atoms with Gasteiger partial charge in [-0.1, -0.05) is 20.3 Å². The molecule has 0 heterocycles. The Morgan fingerprint density at radius 3 is 2.30 bits per heavy atom. The minimum Gasteiger partial charge on any atom is -0.480 e. The lowest BCUT2D eigenvalue weighted by Gasteiger charge is -2.15. The van der Waals surface area contributed by atoms with Crippen molar-refractivity contribution in [1.29, 1.82) is 0 Å². The van der Waals surface area contributed by atoms with E-state index in [0.29, 0.717) is 18.7 Å². The van der Waals surface area contributed by atoms with E-state index in [1.807, 2.05) is 6.92 Å². The van der Waals surface area contributed by atoms with Crippen LogP contribution in [-0.4, -0.2) is 32.1 Å². The molecule has 6 nitrogen and oxygen atoms in total. The lowest BCUT2D eigenvalue weighted by atomic mass is 10.1. The largest absolute Gasteiger partial charge is 0.480 e. The third kappa shape index (κ3) is 4.50. The monoisotopic (exact) mass is 300 g/mol. The Balaban J connectivity index is 2.83. The molecule has 0 saturated carbocycles. The van der Waals surface area contributed by atoms with Gasteiger partial charge in [0.15, 0.2) is 0 Å². The van der Waals surface area contributed by atoms with Crippen molar-refractivity contribution in [1.82, 2.24) is 4.72 Å². The van der Waals surface area contributed by atoms with Gasteiger partial charge < -0.3 is 10.4 Å². The molecule has 3 N–H and O–H groups in total. The summed E-state index contributed by atoms with van der Waals surface area (Å²) in [6.07, 6.45) is 1.25. The molecule has 0 aromatic heterocycles. The first-order valence-corrected chi connectivity index (χ1v) is 7.98. The molecule has 0 aliphatic carbocycles. The summed E-state index contributed by atoms with van der Waals surface area (Å²) in [5.41, 5.74) is 0.585. The van der Waals surface area contributed by atoms with Gasteiger partial charge in [-0.2, -0.15) is 0 Å². The van der Waals surface area contributed by atoms with Crippen LogP contribution in [0.5, 0.6) is 0 Å². The molecule has 1 rings (SSSR count). The van der Waals surface area contributed by atoms with Gasteiger partial charge in [0.2, 0.25) is 10.0 Å².